The maximum atomic E-state index is 13.3. The SMILES string of the molecule is CCC(C)[C@H]1C(=O)N(Cc2ccc(Cl)c(Cl)c2)CC2N1C(=O)CN(C)N2C=O. The van der Waals surface area contributed by atoms with Crippen LogP contribution in [-0.4, -0.2) is 70.4 Å². The van der Waals surface area contributed by atoms with Crippen molar-refractivity contribution in [3.8, 4) is 0 Å². The van der Waals surface area contributed by atoms with Crippen molar-refractivity contribution in [1.82, 2.24) is 19.8 Å². The Balaban J connectivity index is 1.95. The zero-order chi connectivity index (χ0) is 20.6. The zero-order valence-corrected chi connectivity index (χ0v) is 17.7. The molecule has 0 saturated carbocycles. The van der Waals surface area contributed by atoms with Gasteiger partial charge in [-0.05, 0) is 23.6 Å². The molecule has 0 spiro atoms. The van der Waals surface area contributed by atoms with Crippen LogP contribution in [0.1, 0.15) is 25.8 Å². The van der Waals surface area contributed by atoms with Gasteiger partial charge in [-0.3, -0.25) is 19.4 Å². The molecule has 2 aliphatic heterocycles. The fourth-order valence-corrected chi connectivity index (χ4v) is 4.20. The fourth-order valence-electron chi connectivity index (χ4n) is 3.88. The van der Waals surface area contributed by atoms with E-state index in [4.69, 9.17) is 23.2 Å². The normalized spacial score (nSPS) is 24.4. The Bertz CT molecular complexity index is 790. The first-order chi connectivity index (χ1) is 13.3. The molecule has 0 aliphatic carbocycles. The molecule has 152 valence electrons. The smallest absolute Gasteiger partial charge is 0.246 e. The van der Waals surface area contributed by atoms with Crippen LogP contribution in [0.3, 0.4) is 0 Å². The van der Waals surface area contributed by atoms with Crippen LogP contribution in [0.2, 0.25) is 10.0 Å². The van der Waals surface area contributed by atoms with Gasteiger partial charge in [0.1, 0.15) is 12.2 Å². The van der Waals surface area contributed by atoms with Crippen molar-refractivity contribution in [3.05, 3.63) is 33.8 Å². The van der Waals surface area contributed by atoms with Gasteiger partial charge in [0.05, 0.1) is 23.1 Å². The van der Waals surface area contributed by atoms with Gasteiger partial charge in [-0.25, -0.2) is 5.01 Å². The van der Waals surface area contributed by atoms with E-state index in [1.807, 2.05) is 19.9 Å². The number of piperazine rings is 1. The van der Waals surface area contributed by atoms with E-state index in [-0.39, 0.29) is 30.8 Å². The lowest BCUT2D eigenvalue weighted by molar-refractivity contribution is -0.199. The Labute approximate surface area is 174 Å². The second kappa shape index (κ2) is 8.27. The predicted molar refractivity (Wildman–Crippen MR) is 106 cm³/mol. The number of carbonyl (C=O) groups is 3. The monoisotopic (exact) mass is 426 g/mol. The molecule has 0 N–H and O–H groups in total. The minimum Gasteiger partial charge on any atom is -0.333 e. The first-order valence-electron chi connectivity index (χ1n) is 9.27. The summed E-state index contributed by atoms with van der Waals surface area (Å²) >= 11 is 12.1. The molecule has 1 aromatic carbocycles. The summed E-state index contributed by atoms with van der Waals surface area (Å²) in [6.07, 6.45) is 0.929. The zero-order valence-electron chi connectivity index (χ0n) is 16.1. The lowest BCUT2D eigenvalue weighted by atomic mass is 9.92. The van der Waals surface area contributed by atoms with Crippen LogP contribution in [0, 0.1) is 5.92 Å². The number of hydrogen-bond acceptors (Lipinski definition) is 4. The third-order valence-electron chi connectivity index (χ3n) is 5.57. The van der Waals surface area contributed by atoms with Gasteiger partial charge >= 0.3 is 0 Å². The van der Waals surface area contributed by atoms with Gasteiger partial charge in [0, 0.05) is 13.6 Å². The van der Waals surface area contributed by atoms with E-state index in [0.717, 1.165) is 12.0 Å². The molecule has 2 heterocycles. The maximum absolute atomic E-state index is 13.3. The maximum Gasteiger partial charge on any atom is 0.246 e. The van der Waals surface area contributed by atoms with Gasteiger partial charge in [0.15, 0.2) is 0 Å². The topological polar surface area (TPSA) is 64.2 Å². The van der Waals surface area contributed by atoms with E-state index < -0.39 is 12.2 Å². The highest BCUT2D eigenvalue weighted by Crippen LogP contribution is 2.31. The van der Waals surface area contributed by atoms with Crippen molar-refractivity contribution in [2.45, 2.75) is 39.0 Å². The van der Waals surface area contributed by atoms with Crippen LogP contribution in [0.4, 0.5) is 0 Å². The van der Waals surface area contributed by atoms with Crippen LogP contribution >= 0.6 is 23.2 Å². The van der Waals surface area contributed by atoms with E-state index in [1.54, 1.807) is 34.0 Å². The molecule has 2 fully saturated rings. The Hall–Kier alpha value is -1.83. The number of hydrazine groups is 1. The summed E-state index contributed by atoms with van der Waals surface area (Å²) in [6, 6.07) is 4.65. The highest BCUT2D eigenvalue weighted by atomic mass is 35.5. The molecule has 3 atom stereocenters. The van der Waals surface area contributed by atoms with Crippen molar-refractivity contribution in [1.29, 1.82) is 0 Å². The molecule has 0 radical (unpaired) electrons. The van der Waals surface area contributed by atoms with Crippen LogP contribution in [0.15, 0.2) is 18.2 Å². The average Bonchev–Trinajstić information content (AvgIpc) is 2.65. The molecule has 2 unspecified atom stereocenters. The molecule has 28 heavy (non-hydrogen) atoms. The number of benzene rings is 1. The largest absolute Gasteiger partial charge is 0.333 e. The minimum atomic E-state index is -0.602. The van der Waals surface area contributed by atoms with E-state index in [0.29, 0.717) is 23.0 Å². The van der Waals surface area contributed by atoms with Gasteiger partial charge in [-0.2, -0.15) is 0 Å². The second-order valence-electron chi connectivity index (χ2n) is 7.38. The molecular weight excluding hydrogens is 403 g/mol. The molecule has 0 bridgehead atoms. The van der Waals surface area contributed by atoms with Crippen LogP contribution in [0.5, 0.6) is 0 Å². The van der Waals surface area contributed by atoms with Gasteiger partial charge in [-0.1, -0.05) is 49.5 Å². The Morgan fingerprint density at radius 1 is 1.25 bits per heavy atom. The summed E-state index contributed by atoms with van der Waals surface area (Å²) in [5.74, 6) is -0.286. The van der Waals surface area contributed by atoms with E-state index >= 15 is 0 Å². The van der Waals surface area contributed by atoms with Crippen molar-refractivity contribution in [3.63, 3.8) is 0 Å². The lowest BCUT2D eigenvalue weighted by Gasteiger charge is -2.54. The number of hydrogen-bond donors (Lipinski definition) is 0. The lowest BCUT2D eigenvalue weighted by Crippen LogP contribution is -2.74. The summed E-state index contributed by atoms with van der Waals surface area (Å²) < 4.78 is 0. The van der Waals surface area contributed by atoms with E-state index in [1.165, 1.54) is 5.01 Å². The minimum absolute atomic E-state index is 0.0348. The summed E-state index contributed by atoms with van der Waals surface area (Å²) in [5, 5.41) is 3.96. The Morgan fingerprint density at radius 2 is 1.96 bits per heavy atom. The molecule has 2 saturated heterocycles. The van der Waals surface area contributed by atoms with Crippen molar-refractivity contribution < 1.29 is 14.4 Å². The van der Waals surface area contributed by atoms with Gasteiger partial charge < -0.3 is 9.80 Å². The number of fused-ring (bicyclic) bond motifs is 1. The van der Waals surface area contributed by atoms with Crippen molar-refractivity contribution >= 4 is 41.4 Å². The number of rotatable bonds is 5. The Morgan fingerprint density at radius 3 is 2.57 bits per heavy atom. The number of carbonyl (C=O) groups excluding carboxylic acids is 3. The van der Waals surface area contributed by atoms with Crippen molar-refractivity contribution in [2.24, 2.45) is 5.92 Å². The molecular formula is C19H24Cl2N4O3. The fraction of sp³-hybridized carbons (Fsp3) is 0.526. The van der Waals surface area contributed by atoms with Crippen LogP contribution < -0.4 is 0 Å². The van der Waals surface area contributed by atoms with E-state index in [2.05, 4.69) is 0 Å². The third-order valence-corrected chi connectivity index (χ3v) is 6.31. The van der Waals surface area contributed by atoms with Crippen molar-refractivity contribution in [2.75, 3.05) is 20.1 Å². The molecule has 9 heteroatoms. The number of likely N-dealkylation sites (N-methyl/N-ethyl adjacent to an activating group) is 1. The summed E-state index contributed by atoms with van der Waals surface area (Å²) in [4.78, 5) is 41.1. The molecule has 3 rings (SSSR count). The first-order valence-corrected chi connectivity index (χ1v) is 10.0. The number of halogens is 2. The van der Waals surface area contributed by atoms with Crippen LogP contribution in [0.25, 0.3) is 0 Å². The quantitative estimate of drug-likeness (QED) is 0.677. The molecule has 1 aromatic rings. The second-order valence-corrected chi connectivity index (χ2v) is 8.19. The molecule has 3 amide bonds. The predicted octanol–water partition coefficient (Wildman–Crippen LogP) is 2.22. The Kier molecular flexibility index (Phi) is 6.17. The standard InChI is InChI=1S/C19H24Cl2N4O3/c1-4-12(2)18-19(28)23(8-13-5-6-14(20)15(21)7-13)9-16-24(11-26)22(3)10-17(27)25(16)18/h5-7,11-12,16,18H,4,8-10H2,1-3H3/t12?,16?,18-/m0/s1. The van der Waals surface area contributed by atoms with Gasteiger partial charge in [0.2, 0.25) is 18.2 Å². The summed E-state index contributed by atoms with van der Waals surface area (Å²) in [7, 11) is 1.70. The summed E-state index contributed by atoms with van der Waals surface area (Å²) in [6.45, 7) is 4.59. The van der Waals surface area contributed by atoms with Gasteiger partial charge in [0.25, 0.3) is 0 Å². The average molecular weight is 427 g/mol. The molecule has 0 aromatic heterocycles. The first kappa shape index (κ1) is 20.9. The molecule has 2 aliphatic rings. The third kappa shape index (κ3) is 3.71. The van der Waals surface area contributed by atoms with Gasteiger partial charge in [-0.15, -0.1) is 0 Å². The van der Waals surface area contributed by atoms with Crippen LogP contribution in [-0.2, 0) is 20.9 Å². The number of amides is 3. The molecule has 7 nitrogen and oxygen atoms in total. The highest BCUT2D eigenvalue weighted by Gasteiger charge is 2.50. The number of nitrogens with zero attached hydrogens (tertiary/aromatic N) is 4. The summed E-state index contributed by atoms with van der Waals surface area (Å²) in [5.41, 5.74) is 0.840. The van der Waals surface area contributed by atoms with E-state index in [9.17, 15) is 14.4 Å². The highest BCUT2D eigenvalue weighted by molar-refractivity contribution is 6.42.